The van der Waals surface area contributed by atoms with Gasteiger partial charge in [0.25, 0.3) is 5.91 Å². The van der Waals surface area contributed by atoms with E-state index in [2.05, 4.69) is 20.6 Å². The van der Waals surface area contributed by atoms with Crippen LogP contribution in [0.4, 0.5) is 0 Å². The molecule has 0 saturated heterocycles. The maximum Gasteiger partial charge on any atom is 0.256 e. The van der Waals surface area contributed by atoms with E-state index in [1.807, 2.05) is 19.1 Å². The van der Waals surface area contributed by atoms with Gasteiger partial charge < -0.3 is 15.4 Å². The van der Waals surface area contributed by atoms with Gasteiger partial charge in [-0.05, 0) is 30.7 Å². The minimum atomic E-state index is -0.313. The van der Waals surface area contributed by atoms with Gasteiger partial charge in [-0.2, -0.15) is 0 Å². The van der Waals surface area contributed by atoms with Gasteiger partial charge in [0.05, 0.1) is 6.61 Å². The number of ether oxygens (including phenoxy) is 1. The van der Waals surface area contributed by atoms with E-state index in [1.54, 1.807) is 30.7 Å². The number of hydrogen-bond acceptors (Lipinski definition) is 5. The molecular weight excluding hydrogens is 308 g/mol. The van der Waals surface area contributed by atoms with Crippen molar-refractivity contribution in [2.24, 2.45) is 0 Å². The van der Waals surface area contributed by atoms with Gasteiger partial charge in [0.1, 0.15) is 5.56 Å². The van der Waals surface area contributed by atoms with Crippen LogP contribution in [-0.4, -0.2) is 34.9 Å². The summed E-state index contributed by atoms with van der Waals surface area (Å²) in [6.07, 6.45) is 5.12. The Morgan fingerprint density at radius 3 is 2.75 bits per heavy atom. The summed E-state index contributed by atoms with van der Waals surface area (Å²) < 4.78 is 5.32. The normalized spacial score (nSPS) is 10.0. The molecule has 2 N–H and O–H groups in total. The molecule has 7 heteroatoms. The molecule has 2 amide bonds. The first-order valence-corrected chi connectivity index (χ1v) is 7.72. The zero-order chi connectivity index (χ0) is 17.2. The van der Waals surface area contributed by atoms with Gasteiger partial charge in [0.2, 0.25) is 11.8 Å². The van der Waals surface area contributed by atoms with Crippen LogP contribution in [0, 0.1) is 0 Å². The van der Waals surface area contributed by atoms with Crippen molar-refractivity contribution < 1.29 is 14.3 Å². The van der Waals surface area contributed by atoms with Crippen LogP contribution in [0.5, 0.6) is 5.88 Å². The number of aromatic nitrogens is 2. The summed E-state index contributed by atoms with van der Waals surface area (Å²) in [4.78, 5) is 31.9. The number of nitrogens with zero attached hydrogens (tertiary/aromatic N) is 2. The Kier molecular flexibility index (Phi) is 6.70. The predicted octanol–water partition coefficient (Wildman–Crippen LogP) is 1.31. The van der Waals surface area contributed by atoms with Crippen LogP contribution in [0.3, 0.4) is 0 Å². The van der Waals surface area contributed by atoms with Crippen LogP contribution in [0.15, 0.2) is 42.9 Å². The third-order valence-corrected chi connectivity index (χ3v) is 3.15. The van der Waals surface area contributed by atoms with Crippen molar-refractivity contribution in [1.29, 1.82) is 0 Å². The molecule has 7 nitrogen and oxygen atoms in total. The predicted molar refractivity (Wildman–Crippen MR) is 88.4 cm³/mol. The molecule has 2 aromatic rings. The molecule has 0 spiro atoms. The van der Waals surface area contributed by atoms with Crippen molar-refractivity contribution in [3.05, 3.63) is 54.0 Å². The van der Waals surface area contributed by atoms with Gasteiger partial charge in [-0.1, -0.05) is 6.07 Å². The number of hydrogen-bond donors (Lipinski definition) is 2. The molecule has 0 radical (unpaired) electrons. The standard InChI is InChI=1S/C17H20N4O3/c1-2-24-17-14(6-4-9-20-17)16(23)19-10-7-15(22)21-12-13-5-3-8-18-11-13/h3-6,8-9,11H,2,7,10,12H2,1H3,(H,19,23)(H,21,22). The van der Waals surface area contributed by atoms with Gasteiger partial charge in [0.15, 0.2) is 0 Å². The Balaban J connectivity index is 1.75. The third-order valence-electron chi connectivity index (χ3n) is 3.15. The van der Waals surface area contributed by atoms with Crippen LogP contribution >= 0.6 is 0 Å². The quantitative estimate of drug-likeness (QED) is 0.762. The average Bonchev–Trinajstić information content (AvgIpc) is 2.61. The average molecular weight is 328 g/mol. The van der Waals surface area contributed by atoms with Crippen LogP contribution in [0.2, 0.25) is 0 Å². The van der Waals surface area contributed by atoms with E-state index in [-0.39, 0.29) is 24.8 Å². The fraction of sp³-hybridized carbons (Fsp3) is 0.294. The minimum absolute atomic E-state index is 0.143. The Hall–Kier alpha value is -2.96. The van der Waals surface area contributed by atoms with Crippen LogP contribution in [0.1, 0.15) is 29.3 Å². The molecule has 0 bridgehead atoms. The number of nitrogens with one attached hydrogen (secondary N) is 2. The molecule has 0 aliphatic heterocycles. The summed E-state index contributed by atoms with van der Waals surface area (Å²) >= 11 is 0. The summed E-state index contributed by atoms with van der Waals surface area (Å²) in [5, 5.41) is 5.47. The molecule has 2 heterocycles. The van der Waals surface area contributed by atoms with E-state index in [0.717, 1.165) is 5.56 Å². The fourth-order valence-electron chi connectivity index (χ4n) is 1.99. The molecule has 24 heavy (non-hydrogen) atoms. The second-order valence-corrected chi connectivity index (χ2v) is 4.93. The topological polar surface area (TPSA) is 93.2 Å². The number of rotatable bonds is 8. The molecule has 0 aliphatic carbocycles. The molecule has 0 unspecified atom stereocenters. The highest BCUT2D eigenvalue weighted by molar-refractivity contribution is 5.96. The van der Waals surface area contributed by atoms with Crippen molar-refractivity contribution in [3.63, 3.8) is 0 Å². The van der Waals surface area contributed by atoms with Crippen molar-refractivity contribution in [2.45, 2.75) is 19.9 Å². The SMILES string of the molecule is CCOc1ncccc1C(=O)NCCC(=O)NCc1cccnc1. The van der Waals surface area contributed by atoms with E-state index < -0.39 is 0 Å². The summed E-state index contributed by atoms with van der Waals surface area (Å²) in [6, 6.07) is 6.99. The summed E-state index contributed by atoms with van der Waals surface area (Å²) in [7, 11) is 0. The molecule has 0 aliphatic rings. The summed E-state index contributed by atoms with van der Waals surface area (Å²) in [5.41, 5.74) is 1.28. The first-order chi connectivity index (χ1) is 11.7. The van der Waals surface area contributed by atoms with Crippen molar-refractivity contribution >= 4 is 11.8 Å². The number of amides is 2. The molecule has 0 fully saturated rings. The van der Waals surface area contributed by atoms with Gasteiger partial charge in [-0.3, -0.25) is 14.6 Å². The number of carbonyl (C=O) groups excluding carboxylic acids is 2. The minimum Gasteiger partial charge on any atom is -0.477 e. The third kappa shape index (κ3) is 5.35. The summed E-state index contributed by atoms with van der Waals surface area (Å²) in [5.74, 6) is -0.166. The van der Waals surface area contributed by atoms with Gasteiger partial charge in [0, 0.05) is 38.1 Å². The van der Waals surface area contributed by atoms with E-state index in [9.17, 15) is 9.59 Å². The molecule has 2 aromatic heterocycles. The Labute approximate surface area is 140 Å². The lowest BCUT2D eigenvalue weighted by molar-refractivity contribution is -0.121. The van der Waals surface area contributed by atoms with Gasteiger partial charge in [-0.15, -0.1) is 0 Å². The lowest BCUT2D eigenvalue weighted by Gasteiger charge is -2.09. The van der Waals surface area contributed by atoms with Crippen molar-refractivity contribution in [2.75, 3.05) is 13.2 Å². The van der Waals surface area contributed by atoms with E-state index in [0.29, 0.717) is 24.6 Å². The lowest BCUT2D eigenvalue weighted by atomic mass is 10.2. The molecule has 0 atom stereocenters. The molecule has 0 aromatic carbocycles. The Morgan fingerprint density at radius 2 is 2.00 bits per heavy atom. The van der Waals surface area contributed by atoms with E-state index in [1.165, 1.54) is 0 Å². The first-order valence-electron chi connectivity index (χ1n) is 7.72. The zero-order valence-electron chi connectivity index (χ0n) is 13.5. The van der Waals surface area contributed by atoms with Crippen molar-refractivity contribution in [3.8, 4) is 5.88 Å². The van der Waals surface area contributed by atoms with Gasteiger partial charge in [-0.25, -0.2) is 4.98 Å². The van der Waals surface area contributed by atoms with E-state index in [4.69, 9.17) is 4.74 Å². The van der Waals surface area contributed by atoms with Gasteiger partial charge >= 0.3 is 0 Å². The maximum atomic E-state index is 12.1. The van der Waals surface area contributed by atoms with Crippen LogP contribution in [0.25, 0.3) is 0 Å². The van der Waals surface area contributed by atoms with E-state index >= 15 is 0 Å². The Bertz CT molecular complexity index is 677. The molecule has 0 saturated carbocycles. The zero-order valence-corrected chi connectivity index (χ0v) is 13.5. The second kappa shape index (κ2) is 9.24. The smallest absolute Gasteiger partial charge is 0.256 e. The summed E-state index contributed by atoms with van der Waals surface area (Å²) in [6.45, 7) is 2.90. The monoisotopic (exact) mass is 328 g/mol. The highest BCUT2D eigenvalue weighted by atomic mass is 16.5. The Morgan fingerprint density at radius 1 is 1.17 bits per heavy atom. The molecular formula is C17H20N4O3. The van der Waals surface area contributed by atoms with Crippen molar-refractivity contribution in [1.82, 2.24) is 20.6 Å². The highest BCUT2D eigenvalue weighted by Gasteiger charge is 2.13. The number of carbonyl (C=O) groups is 2. The largest absolute Gasteiger partial charge is 0.477 e. The van der Waals surface area contributed by atoms with Crippen LogP contribution in [-0.2, 0) is 11.3 Å². The molecule has 126 valence electrons. The van der Waals surface area contributed by atoms with Crippen LogP contribution < -0.4 is 15.4 Å². The highest BCUT2D eigenvalue weighted by Crippen LogP contribution is 2.13. The molecule has 2 rings (SSSR count). The maximum absolute atomic E-state index is 12.1. The first kappa shape index (κ1) is 17.4. The fourth-order valence-corrected chi connectivity index (χ4v) is 1.99. The lowest BCUT2D eigenvalue weighted by Crippen LogP contribution is -2.30. The second-order valence-electron chi connectivity index (χ2n) is 4.93. The number of pyridine rings is 2.